The number of fused-ring (bicyclic) bond motifs is 1. The molecule has 6 heteroatoms. The van der Waals surface area contributed by atoms with E-state index in [-0.39, 0.29) is 0 Å². The van der Waals surface area contributed by atoms with Gasteiger partial charge in [0, 0.05) is 21.7 Å². The Kier molecular flexibility index (Phi) is 3.81. The zero-order valence-corrected chi connectivity index (χ0v) is 13.7. The summed E-state index contributed by atoms with van der Waals surface area (Å²) < 4.78 is 11.2. The van der Waals surface area contributed by atoms with Crippen molar-refractivity contribution in [3.63, 3.8) is 0 Å². The van der Waals surface area contributed by atoms with E-state index >= 15 is 0 Å². The van der Waals surface area contributed by atoms with Gasteiger partial charge in [-0.25, -0.2) is 4.98 Å². The van der Waals surface area contributed by atoms with Gasteiger partial charge in [-0.2, -0.15) is 0 Å². The SMILES string of the molecule is Clc1cccc(Nc2nc(-c3ccc4c(c3)OCCO4)cs2)c1. The zero-order chi connectivity index (χ0) is 15.6. The summed E-state index contributed by atoms with van der Waals surface area (Å²) in [7, 11) is 0. The lowest BCUT2D eigenvalue weighted by Crippen LogP contribution is -2.15. The van der Waals surface area contributed by atoms with Crippen LogP contribution in [-0.4, -0.2) is 18.2 Å². The molecule has 0 atom stereocenters. The molecule has 4 rings (SSSR count). The van der Waals surface area contributed by atoms with Crippen LogP contribution in [0.5, 0.6) is 11.5 Å². The van der Waals surface area contributed by atoms with Crippen LogP contribution in [0.1, 0.15) is 0 Å². The second-order valence-electron chi connectivity index (χ2n) is 5.03. The van der Waals surface area contributed by atoms with Gasteiger partial charge >= 0.3 is 0 Å². The van der Waals surface area contributed by atoms with Crippen LogP contribution in [-0.2, 0) is 0 Å². The number of ether oxygens (including phenoxy) is 2. The second-order valence-corrected chi connectivity index (χ2v) is 6.33. The van der Waals surface area contributed by atoms with Gasteiger partial charge in [-0.1, -0.05) is 17.7 Å². The lowest BCUT2D eigenvalue weighted by atomic mass is 10.1. The minimum atomic E-state index is 0.578. The van der Waals surface area contributed by atoms with Crippen molar-refractivity contribution in [1.82, 2.24) is 4.98 Å². The molecule has 3 aromatic rings. The first-order valence-corrected chi connectivity index (χ1v) is 8.42. The van der Waals surface area contributed by atoms with Gasteiger partial charge in [0.1, 0.15) is 13.2 Å². The van der Waals surface area contributed by atoms with E-state index in [1.54, 1.807) is 11.3 Å². The molecule has 0 radical (unpaired) electrons. The van der Waals surface area contributed by atoms with E-state index in [2.05, 4.69) is 10.3 Å². The van der Waals surface area contributed by atoms with E-state index in [1.807, 2.05) is 47.8 Å². The number of halogens is 1. The highest BCUT2D eigenvalue weighted by atomic mass is 35.5. The van der Waals surface area contributed by atoms with Gasteiger partial charge in [-0.15, -0.1) is 11.3 Å². The minimum absolute atomic E-state index is 0.578. The van der Waals surface area contributed by atoms with Gasteiger partial charge in [0.15, 0.2) is 16.6 Å². The van der Waals surface area contributed by atoms with Crippen molar-refractivity contribution < 1.29 is 9.47 Å². The molecule has 0 saturated heterocycles. The topological polar surface area (TPSA) is 43.4 Å². The molecule has 2 heterocycles. The van der Waals surface area contributed by atoms with Crippen molar-refractivity contribution >= 4 is 33.8 Å². The zero-order valence-electron chi connectivity index (χ0n) is 12.1. The number of hydrogen-bond donors (Lipinski definition) is 1. The van der Waals surface area contributed by atoms with E-state index in [4.69, 9.17) is 21.1 Å². The summed E-state index contributed by atoms with van der Waals surface area (Å²) in [6, 6.07) is 13.4. The van der Waals surface area contributed by atoms with E-state index in [0.29, 0.717) is 18.2 Å². The van der Waals surface area contributed by atoms with Crippen LogP contribution in [0, 0.1) is 0 Å². The summed E-state index contributed by atoms with van der Waals surface area (Å²) in [5.74, 6) is 1.55. The van der Waals surface area contributed by atoms with Crippen LogP contribution in [0.25, 0.3) is 11.3 Å². The van der Waals surface area contributed by atoms with Crippen LogP contribution in [0.3, 0.4) is 0 Å². The number of aromatic nitrogens is 1. The Morgan fingerprint density at radius 3 is 2.78 bits per heavy atom. The summed E-state index contributed by atoms with van der Waals surface area (Å²) in [4.78, 5) is 4.62. The van der Waals surface area contributed by atoms with Crippen LogP contribution in [0.15, 0.2) is 47.8 Å². The molecule has 23 heavy (non-hydrogen) atoms. The summed E-state index contributed by atoms with van der Waals surface area (Å²) in [6.07, 6.45) is 0. The Balaban J connectivity index is 1.58. The molecule has 1 aliphatic heterocycles. The largest absolute Gasteiger partial charge is 0.486 e. The van der Waals surface area contributed by atoms with Crippen molar-refractivity contribution in [2.75, 3.05) is 18.5 Å². The van der Waals surface area contributed by atoms with Crippen molar-refractivity contribution in [2.45, 2.75) is 0 Å². The Bertz CT molecular complexity index is 850. The number of nitrogens with one attached hydrogen (secondary N) is 1. The van der Waals surface area contributed by atoms with E-state index in [9.17, 15) is 0 Å². The number of nitrogens with zero attached hydrogens (tertiary/aromatic N) is 1. The number of thiazole rings is 1. The fraction of sp³-hybridized carbons (Fsp3) is 0.118. The first kappa shape index (κ1) is 14.4. The molecule has 0 fully saturated rings. The highest BCUT2D eigenvalue weighted by Gasteiger charge is 2.13. The molecule has 0 bridgehead atoms. The molecule has 1 N–H and O–H groups in total. The van der Waals surface area contributed by atoms with Crippen molar-refractivity contribution in [1.29, 1.82) is 0 Å². The average molecular weight is 345 g/mol. The second kappa shape index (κ2) is 6.10. The number of benzene rings is 2. The Labute approximate surface area is 142 Å². The number of rotatable bonds is 3. The summed E-state index contributed by atoms with van der Waals surface area (Å²) in [5.41, 5.74) is 2.82. The molecule has 0 spiro atoms. The maximum atomic E-state index is 6.00. The summed E-state index contributed by atoms with van der Waals surface area (Å²) in [6.45, 7) is 1.17. The Hall–Kier alpha value is -2.24. The van der Waals surface area contributed by atoms with Gasteiger partial charge < -0.3 is 14.8 Å². The van der Waals surface area contributed by atoms with Crippen LogP contribution < -0.4 is 14.8 Å². The minimum Gasteiger partial charge on any atom is -0.486 e. The highest BCUT2D eigenvalue weighted by Crippen LogP contribution is 2.35. The first-order valence-electron chi connectivity index (χ1n) is 7.16. The molecular formula is C17H13ClN2O2S. The number of anilines is 2. The van der Waals surface area contributed by atoms with Crippen molar-refractivity contribution in [2.24, 2.45) is 0 Å². The Morgan fingerprint density at radius 2 is 1.91 bits per heavy atom. The van der Waals surface area contributed by atoms with Gasteiger partial charge in [0.25, 0.3) is 0 Å². The first-order chi connectivity index (χ1) is 11.3. The van der Waals surface area contributed by atoms with Crippen molar-refractivity contribution in [3.8, 4) is 22.8 Å². The van der Waals surface area contributed by atoms with E-state index in [1.165, 1.54) is 0 Å². The lowest BCUT2D eigenvalue weighted by molar-refractivity contribution is 0.171. The molecule has 0 saturated carbocycles. The predicted octanol–water partition coefficient (Wildman–Crippen LogP) is 4.98. The molecule has 0 aliphatic carbocycles. The quantitative estimate of drug-likeness (QED) is 0.727. The maximum absolute atomic E-state index is 6.00. The van der Waals surface area contributed by atoms with Gasteiger partial charge in [-0.3, -0.25) is 0 Å². The fourth-order valence-electron chi connectivity index (χ4n) is 2.36. The molecule has 0 unspecified atom stereocenters. The average Bonchev–Trinajstić information content (AvgIpc) is 3.03. The van der Waals surface area contributed by atoms with Gasteiger partial charge in [-0.05, 0) is 36.4 Å². The standard InChI is InChI=1S/C17H13ClN2O2S/c18-12-2-1-3-13(9-12)19-17-20-14(10-23-17)11-4-5-15-16(8-11)22-7-6-21-15/h1-5,8-10H,6-7H2,(H,19,20). The van der Waals surface area contributed by atoms with Gasteiger partial charge in [0.05, 0.1) is 5.69 Å². The van der Waals surface area contributed by atoms with Crippen molar-refractivity contribution in [3.05, 3.63) is 52.9 Å². The molecule has 1 aliphatic rings. The smallest absolute Gasteiger partial charge is 0.187 e. The predicted molar refractivity (Wildman–Crippen MR) is 93.3 cm³/mol. The summed E-state index contributed by atoms with van der Waals surface area (Å²) in [5, 5.41) is 6.79. The lowest BCUT2D eigenvalue weighted by Gasteiger charge is -2.18. The molecule has 2 aromatic carbocycles. The monoisotopic (exact) mass is 344 g/mol. The van der Waals surface area contributed by atoms with Crippen LogP contribution >= 0.6 is 22.9 Å². The highest BCUT2D eigenvalue weighted by molar-refractivity contribution is 7.14. The van der Waals surface area contributed by atoms with E-state index < -0.39 is 0 Å². The Morgan fingerprint density at radius 1 is 1.04 bits per heavy atom. The van der Waals surface area contributed by atoms with Crippen LogP contribution in [0.2, 0.25) is 5.02 Å². The third-order valence-corrected chi connectivity index (χ3v) is 4.41. The summed E-state index contributed by atoms with van der Waals surface area (Å²) >= 11 is 7.54. The fourth-order valence-corrected chi connectivity index (χ4v) is 3.29. The maximum Gasteiger partial charge on any atom is 0.187 e. The van der Waals surface area contributed by atoms with E-state index in [0.717, 1.165) is 33.6 Å². The third kappa shape index (κ3) is 3.11. The number of hydrogen-bond acceptors (Lipinski definition) is 5. The molecule has 4 nitrogen and oxygen atoms in total. The van der Waals surface area contributed by atoms with Crippen LogP contribution in [0.4, 0.5) is 10.8 Å². The molecular weight excluding hydrogens is 332 g/mol. The third-order valence-electron chi connectivity index (χ3n) is 3.42. The molecule has 1 aromatic heterocycles. The molecule has 0 amide bonds. The molecule has 116 valence electrons. The van der Waals surface area contributed by atoms with Gasteiger partial charge in [0.2, 0.25) is 0 Å². The normalized spacial score (nSPS) is 12.9.